The first-order valence-electron chi connectivity index (χ1n) is 20.3. The van der Waals surface area contributed by atoms with Crippen molar-refractivity contribution in [3.63, 3.8) is 0 Å². The van der Waals surface area contributed by atoms with Gasteiger partial charge in [-0.1, -0.05) is 61.5 Å². The molecule has 0 spiro atoms. The summed E-state index contributed by atoms with van der Waals surface area (Å²) in [6.45, 7) is 23.3. The molecule has 16 heteroatoms. The van der Waals surface area contributed by atoms with Crippen molar-refractivity contribution < 1.29 is 28.6 Å². The van der Waals surface area contributed by atoms with E-state index in [9.17, 15) is 29.4 Å². The predicted molar refractivity (Wildman–Crippen MR) is 223 cm³/mol. The zero-order valence-electron chi connectivity index (χ0n) is 35.6. The summed E-state index contributed by atoms with van der Waals surface area (Å²) >= 11 is 0. The Kier molecular flexibility index (Phi) is 15.5. The van der Waals surface area contributed by atoms with Gasteiger partial charge in [0.05, 0.1) is 11.1 Å². The van der Waals surface area contributed by atoms with Crippen LogP contribution in [0.5, 0.6) is 0 Å². The highest BCUT2D eigenvalue weighted by Gasteiger charge is 2.35. The lowest BCUT2D eigenvalue weighted by Gasteiger charge is -2.35. The summed E-state index contributed by atoms with van der Waals surface area (Å²) in [5.41, 5.74) is 0.408. The van der Waals surface area contributed by atoms with Crippen molar-refractivity contribution in [2.45, 2.75) is 101 Å². The van der Waals surface area contributed by atoms with E-state index >= 15 is 0 Å². The summed E-state index contributed by atoms with van der Waals surface area (Å²) in [6, 6.07) is 5.81. The summed E-state index contributed by atoms with van der Waals surface area (Å²) in [6.07, 6.45) is 4.85. The van der Waals surface area contributed by atoms with Crippen LogP contribution in [0, 0.1) is 25.7 Å². The maximum atomic E-state index is 13.3. The molecular weight excluding hydrogens is 745 g/mol. The Morgan fingerprint density at radius 2 is 1.12 bits per heavy atom. The standard InChI is InChI=1S/C21H25N5O3.C17H23N3O5.2C2H6/c1-14(2)12-26-13-23-19-18(21(26)28)17(15(3)29-19)20(27)25-10-8-24(9-11-25)16-6-4-5-7-22-16;1-10(2)8-20-9-18-14-13(16(20)22)12(11(3)25-14)15(21)19-6-4-17(23,24)5-7-19;2*1-2/h4-7,13-14H,8-12H2,1-3H3;9-10,23-24H,4-8H2,1-3H3;2*1-2H3. The minimum atomic E-state index is -1.74. The van der Waals surface area contributed by atoms with Gasteiger partial charge in [-0.25, -0.2) is 15.0 Å². The van der Waals surface area contributed by atoms with Crippen molar-refractivity contribution in [2.75, 3.05) is 44.2 Å². The maximum Gasteiger partial charge on any atom is 0.265 e. The number of aromatic nitrogens is 5. The van der Waals surface area contributed by atoms with E-state index in [-0.39, 0.29) is 82.5 Å². The molecule has 7 heterocycles. The predicted octanol–water partition coefficient (Wildman–Crippen LogP) is 5.23. The number of fused-ring (bicyclic) bond motifs is 2. The van der Waals surface area contributed by atoms with Crippen molar-refractivity contribution in [1.29, 1.82) is 0 Å². The van der Waals surface area contributed by atoms with Gasteiger partial charge < -0.3 is 33.7 Å². The number of piperidine rings is 1. The Morgan fingerprint density at radius 1 is 0.690 bits per heavy atom. The van der Waals surface area contributed by atoms with E-state index in [0.717, 1.165) is 5.82 Å². The molecular formula is C42H60N8O8. The molecule has 2 aliphatic rings. The van der Waals surface area contributed by atoms with E-state index in [0.29, 0.717) is 62.3 Å². The average Bonchev–Trinajstić information content (AvgIpc) is 3.74. The summed E-state index contributed by atoms with van der Waals surface area (Å²) < 4.78 is 14.2. The fourth-order valence-corrected chi connectivity index (χ4v) is 6.90. The molecule has 2 aliphatic heterocycles. The fraction of sp³-hybridized carbons (Fsp3) is 0.548. The number of likely N-dealkylation sites (tertiary alicyclic amines) is 1. The van der Waals surface area contributed by atoms with E-state index in [1.807, 2.05) is 73.6 Å². The number of pyridine rings is 1. The van der Waals surface area contributed by atoms with Crippen LogP contribution in [0.2, 0.25) is 0 Å². The largest absolute Gasteiger partial charge is 0.442 e. The van der Waals surface area contributed by atoms with Crippen LogP contribution in [-0.4, -0.2) is 101 Å². The van der Waals surface area contributed by atoms with Crippen LogP contribution in [0.3, 0.4) is 0 Å². The zero-order chi connectivity index (χ0) is 42.9. The quantitative estimate of drug-likeness (QED) is 0.204. The highest BCUT2D eigenvalue weighted by atomic mass is 16.5. The number of aryl methyl sites for hydroxylation is 2. The van der Waals surface area contributed by atoms with Gasteiger partial charge >= 0.3 is 0 Å². The second kappa shape index (κ2) is 19.9. The molecule has 0 atom stereocenters. The lowest BCUT2D eigenvalue weighted by molar-refractivity contribution is -0.185. The maximum absolute atomic E-state index is 13.3. The number of aliphatic hydroxyl groups is 2. The van der Waals surface area contributed by atoms with Crippen LogP contribution >= 0.6 is 0 Å². The minimum absolute atomic E-state index is 0.0728. The number of carbonyl (C=O) groups is 2. The van der Waals surface area contributed by atoms with Crippen LogP contribution in [0.4, 0.5) is 5.82 Å². The minimum Gasteiger partial charge on any atom is -0.442 e. The number of rotatable bonds is 7. The van der Waals surface area contributed by atoms with Crippen LogP contribution in [0.15, 0.2) is 55.5 Å². The van der Waals surface area contributed by atoms with Crippen molar-refractivity contribution in [2.24, 2.45) is 11.8 Å². The molecule has 7 rings (SSSR count). The number of nitrogens with zero attached hydrogens (tertiary/aromatic N) is 8. The number of furan rings is 2. The number of anilines is 1. The monoisotopic (exact) mass is 804 g/mol. The molecule has 2 amide bonds. The van der Waals surface area contributed by atoms with E-state index in [4.69, 9.17) is 8.83 Å². The van der Waals surface area contributed by atoms with Gasteiger partial charge in [0, 0.05) is 71.4 Å². The Bertz CT molecular complexity index is 2250. The molecule has 2 saturated heterocycles. The summed E-state index contributed by atoms with van der Waals surface area (Å²) in [5, 5.41) is 19.7. The smallest absolute Gasteiger partial charge is 0.265 e. The molecule has 0 aliphatic carbocycles. The van der Waals surface area contributed by atoms with E-state index in [1.165, 1.54) is 22.1 Å². The number of amides is 2. The Balaban J connectivity index is 0.000000239. The topological polar surface area (TPSA) is 193 Å². The number of hydrogen-bond donors (Lipinski definition) is 2. The van der Waals surface area contributed by atoms with Crippen molar-refractivity contribution >= 4 is 39.8 Å². The Hall–Kier alpha value is -5.35. The molecule has 2 fully saturated rings. The third-order valence-corrected chi connectivity index (χ3v) is 9.65. The lowest BCUT2D eigenvalue weighted by atomic mass is 10.0. The first-order chi connectivity index (χ1) is 27.6. The molecule has 316 valence electrons. The normalized spacial score (nSPS) is 15.1. The van der Waals surface area contributed by atoms with E-state index in [1.54, 1.807) is 29.5 Å². The molecule has 5 aromatic rings. The molecule has 0 unspecified atom stereocenters. The third-order valence-electron chi connectivity index (χ3n) is 9.65. The molecule has 0 bridgehead atoms. The van der Waals surface area contributed by atoms with Crippen molar-refractivity contribution in [3.05, 3.63) is 80.4 Å². The molecule has 2 N–H and O–H groups in total. The second-order valence-electron chi connectivity index (χ2n) is 14.9. The first-order valence-corrected chi connectivity index (χ1v) is 20.3. The molecule has 16 nitrogen and oxygen atoms in total. The van der Waals surface area contributed by atoms with Crippen molar-refractivity contribution in [1.82, 2.24) is 33.9 Å². The van der Waals surface area contributed by atoms with Gasteiger partial charge in [-0.2, -0.15) is 0 Å². The highest BCUT2D eigenvalue weighted by Crippen LogP contribution is 2.27. The van der Waals surface area contributed by atoms with Crippen LogP contribution < -0.4 is 16.0 Å². The fourth-order valence-electron chi connectivity index (χ4n) is 6.90. The Labute approximate surface area is 339 Å². The Morgan fingerprint density at radius 3 is 1.52 bits per heavy atom. The third kappa shape index (κ3) is 10.2. The van der Waals surface area contributed by atoms with Crippen LogP contribution in [-0.2, 0) is 13.1 Å². The van der Waals surface area contributed by atoms with Crippen molar-refractivity contribution in [3.8, 4) is 0 Å². The summed E-state index contributed by atoms with van der Waals surface area (Å²) in [7, 11) is 0. The van der Waals surface area contributed by atoms with Gasteiger partial charge in [0.1, 0.15) is 40.8 Å². The lowest BCUT2D eigenvalue weighted by Crippen LogP contribution is -2.49. The number of hydrogen-bond acceptors (Lipinski definition) is 12. The van der Waals surface area contributed by atoms with Gasteiger partial charge in [0.15, 0.2) is 5.79 Å². The highest BCUT2D eigenvalue weighted by molar-refractivity contribution is 6.07. The summed E-state index contributed by atoms with van der Waals surface area (Å²) in [4.78, 5) is 70.3. The first kappa shape index (κ1) is 45.4. The van der Waals surface area contributed by atoms with Gasteiger partial charge in [-0.3, -0.25) is 28.3 Å². The number of piperazine rings is 1. The van der Waals surface area contributed by atoms with Crippen LogP contribution in [0.1, 0.15) is 100 Å². The summed E-state index contributed by atoms with van der Waals surface area (Å²) in [5.74, 6) is -0.0233. The second-order valence-corrected chi connectivity index (χ2v) is 14.9. The molecule has 58 heavy (non-hydrogen) atoms. The average molecular weight is 805 g/mol. The number of carbonyl (C=O) groups excluding carboxylic acids is 2. The van der Waals surface area contributed by atoms with E-state index in [2.05, 4.69) is 19.9 Å². The zero-order valence-corrected chi connectivity index (χ0v) is 35.6. The van der Waals surface area contributed by atoms with Gasteiger partial charge in [0.25, 0.3) is 22.9 Å². The molecule has 0 radical (unpaired) electrons. The van der Waals surface area contributed by atoms with Gasteiger partial charge in [-0.05, 0) is 37.8 Å². The molecule has 0 aromatic carbocycles. The SMILES string of the molecule is CC.CC.Cc1oc2ncn(CC(C)C)c(=O)c2c1C(=O)N1CCC(O)(O)CC1.Cc1oc2ncn(CC(C)C)c(=O)c2c1C(=O)N1CCN(c2ccccn2)CC1. The van der Waals surface area contributed by atoms with Gasteiger partial charge in [0.2, 0.25) is 11.4 Å². The molecule has 0 saturated carbocycles. The molecule has 5 aromatic heterocycles. The van der Waals surface area contributed by atoms with E-state index < -0.39 is 5.79 Å². The van der Waals surface area contributed by atoms with Crippen LogP contribution in [0.25, 0.3) is 22.2 Å². The van der Waals surface area contributed by atoms with Gasteiger partial charge in [-0.15, -0.1) is 0 Å².